The molecule has 0 spiro atoms. The van der Waals surface area contributed by atoms with Crippen LogP contribution in [0.5, 0.6) is 0 Å². The van der Waals surface area contributed by atoms with Crippen molar-refractivity contribution < 1.29 is 9.59 Å². The first-order valence-electron chi connectivity index (χ1n) is 7.30. The third-order valence-electron chi connectivity index (χ3n) is 3.34. The summed E-state index contributed by atoms with van der Waals surface area (Å²) in [4.78, 5) is 24.7. The molecule has 132 valence electrons. The van der Waals surface area contributed by atoms with Gasteiger partial charge in [0.2, 0.25) is 0 Å². The largest absolute Gasteiger partial charge is 0.297 e. The molecule has 9 heteroatoms. The summed E-state index contributed by atoms with van der Waals surface area (Å²) in [5.41, 5.74) is 5.22. The van der Waals surface area contributed by atoms with Crippen molar-refractivity contribution in [2.24, 2.45) is 0 Å². The van der Waals surface area contributed by atoms with Crippen LogP contribution in [0.25, 0.3) is 10.1 Å². The summed E-state index contributed by atoms with van der Waals surface area (Å²) in [5.74, 6) is -0.894. The molecule has 0 bridgehead atoms. The average Bonchev–Trinajstić information content (AvgIpc) is 2.97. The minimum atomic E-state index is -0.453. The second-order valence-electron chi connectivity index (χ2n) is 5.11. The molecule has 2 aromatic carbocycles. The van der Waals surface area contributed by atoms with Gasteiger partial charge >= 0.3 is 0 Å². The normalized spacial score (nSPS) is 10.4. The number of hydrogen-bond donors (Lipinski definition) is 3. The number of rotatable bonds is 2. The fourth-order valence-corrected chi connectivity index (χ4v) is 3.91. The van der Waals surface area contributed by atoms with Crippen LogP contribution in [0.15, 0.2) is 48.5 Å². The highest BCUT2D eigenvalue weighted by atomic mass is 35.5. The number of fused-ring (bicyclic) bond motifs is 1. The molecule has 0 saturated heterocycles. The van der Waals surface area contributed by atoms with Crippen molar-refractivity contribution in [1.29, 1.82) is 0 Å². The van der Waals surface area contributed by atoms with Crippen molar-refractivity contribution in [3.05, 3.63) is 69.0 Å². The summed E-state index contributed by atoms with van der Waals surface area (Å²) in [5, 5.41) is 4.04. The smallest absolute Gasteiger partial charge is 0.269 e. The van der Waals surface area contributed by atoms with Gasteiger partial charge in [-0.25, -0.2) is 0 Å². The Hall–Kier alpha value is -2.19. The van der Waals surface area contributed by atoms with Gasteiger partial charge in [-0.15, -0.1) is 11.3 Å². The minimum Gasteiger partial charge on any atom is -0.297 e. The van der Waals surface area contributed by atoms with Gasteiger partial charge in [0.15, 0.2) is 5.11 Å². The van der Waals surface area contributed by atoms with E-state index in [4.69, 9.17) is 35.4 Å². The quantitative estimate of drug-likeness (QED) is 0.427. The van der Waals surface area contributed by atoms with Crippen LogP contribution in [0.3, 0.4) is 0 Å². The molecule has 0 aliphatic carbocycles. The molecule has 2 amide bonds. The predicted molar refractivity (Wildman–Crippen MR) is 109 cm³/mol. The molecule has 0 unspecified atom stereocenters. The highest BCUT2D eigenvalue weighted by Gasteiger charge is 2.18. The molecular formula is C17H11Cl2N3O2S2. The number of hydrogen-bond acceptors (Lipinski definition) is 4. The second kappa shape index (κ2) is 8.01. The Morgan fingerprint density at radius 1 is 0.962 bits per heavy atom. The number of amides is 2. The van der Waals surface area contributed by atoms with E-state index in [1.54, 1.807) is 18.2 Å². The van der Waals surface area contributed by atoms with E-state index in [1.165, 1.54) is 17.4 Å². The van der Waals surface area contributed by atoms with Gasteiger partial charge in [-0.3, -0.25) is 25.8 Å². The van der Waals surface area contributed by atoms with Gasteiger partial charge in [-0.1, -0.05) is 47.5 Å². The van der Waals surface area contributed by atoms with E-state index in [2.05, 4.69) is 16.2 Å². The molecule has 0 radical (unpaired) electrons. The van der Waals surface area contributed by atoms with E-state index in [0.29, 0.717) is 20.5 Å². The lowest BCUT2D eigenvalue weighted by atomic mass is 10.2. The van der Waals surface area contributed by atoms with E-state index < -0.39 is 11.8 Å². The molecule has 1 heterocycles. The van der Waals surface area contributed by atoms with Crippen molar-refractivity contribution in [3.63, 3.8) is 0 Å². The topological polar surface area (TPSA) is 70.2 Å². The van der Waals surface area contributed by atoms with Gasteiger partial charge in [-0.2, -0.15) is 0 Å². The van der Waals surface area contributed by atoms with Crippen LogP contribution in [-0.2, 0) is 0 Å². The maximum Gasteiger partial charge on any atom is 0.269 e. The van der Waals surface area contributed by atoms with E-state index in [9.17, 15) is 9.59 Å². The minimum absolute atomic E-state index is 0.0566. The molecule has 0 atom stereocenters. The summed E-state index contributed by atoms with van der Waals surface area (Å²) < 4.78 is 0.899. The molecule has 3 N–H and O–H groups in total. The number of hydrazine groups is 1. The van der Waals surface area contributed by atoms with Crippen LogP contribution in [0.2, 0.25) is 10.0 Å². The number of thiocarbonyl (C=S) groups is 1. The summed E-state index contributed by atoms with van der Waals surface area (Å²) in [6.07, 6.45) is 0. The summed E-state index contributed by atoms with van der Waals surface area (Å²) >= 11 is 18.4. The van der Waals surface area contributed by atoms with Crippen molar-refractivity contribution in [2.45, 2.75) is 0 Å². The molecule has 26 heavy (non-hydrogen) atoms. The van der Waals surface area contributed by atoms with Gasteiger partial charge in [0, 0.05) is 20.7 Å². The first-order valence-corrected chi connectivity index (χ1v) is 9.28. The van der Waals surface area contributed by atoms with E-state index in [-0.39, 0.29) is 5.11 Å². The maximum absolute atomic E-state index is 12.4. The average molecular weight is 424 g/mol. The van der Waals surface area contributed by atoms with Crippen LogP contribution in [0, 0.1) is 0 Å². The van der Waals surface area contributed by atoms with Crippen molar-refractivity contribution in [1.82, 2.24) is 16.2 Å². The Morgan fingerprint density at radius 3 is 2.46 bits per heavy atom. The molecule has 0 saturated carbocycles. The molecule has 0 fully saturated rings. The number of nitrogens with one attached hydrogen (secondary N) is 3. The lowest BCUT2D eigenvalue weighted by Gasteiger charge is -2.10. The fraction of sp³-hybridized carbons (Fsp3) is 0. The van der Waals surface area contributed by atoms with Gasteiger partial charge in [-0.05, 0) is 36.5 Å². The van der Waals surface area contributed by atoms with E-state index >= 15 is 0 Å². The van der Waals surface area contributed by atoms with Crippen LogP contribution in [0.1, 0.15) is 20.0 Å². The molecule has 0 aliphatic heterocycles. The Balaban J connectivity index is 1.61. The Kier molecular flexibility index (Phi) is 5.73. The standard InChI is InChI=1S/C17H11Cl2N3O2S2/c18-10-5-3-4-9(8-10)15(23)21-22-17(25)20-16(24)14-13(19)11-6-1-2-7-12(11)26-14/h1-8H,(H,21,23)(H2,20,22,24,25). The lowest BCUT2D eigenvalue weighted by Crippen LogP contribution is -2.48. The molecule has 5 nitrogen and oxygen atoms in total. The number of halogens is 2. The van der Waals surface area contributed by atoms with E-state index in [1.807, 2.05) is 24.3 Å². The first-order chi connectivity index (χ1) is 12.5. The number of carbonyl (C=O) groups is 2. The predicted octanol–water partition coefficient (Wildman–Crippen LogP) is 4.16. The summed E-state index contributed by atoms with van der Waals surface area (Å²) in [6.45, 7) is 0. The van der Waals surface area contributed by atoms with Crippen LogP contribution >= 0.6 is 46.8 Å². The molecule has 3 aromatic rings. The van der Waals surface area contributed by atoms with Gasteiger partial charge in [0.05, 0.1) is 5.02 Å². The highest BCUT2D eigenvalue weighted by molar-refractivity contribution is 7.80. The second-order valence-corrected chi connectivity index (χ2v) is 7.39. The summed E-state index contributed by atoms with van der Waals surface area (Å²) in [6, 6.07) is 13.9. The molecule has 1 aromatic heterocycles. The lowest BCUT2D eigenvalue weighted by molar-refractivity contribution is 0.0935. The SMILES string of the molecule is O=C(NNC(=S)NC(=O)c1sc2ccccc2c1Cl)c1cccc(Cl)c1. The number of benzene rings is 2. The molecule has 3 rings (SSSR count). The van der Waals surface area contributed by atoms with Gasteiger partial charge in [0.25, 0.3) is 11.8 Å². The first kappa shape index (κ1) is 18.6. The summed E-state index contributed by atoms with van der Waals surface area (Å²) in [7, 11) is 0. The van der Waals surface area contributed by atoms with Crippen LogP contribution < -0.4 is 16.2 Å². The Labute approximate surface area is 168 Å². The molecule has 0 aliphatic rings. The van der Waals surface area contributed by atoms with Crippen LogP contribution in [0.4, 0.5) is 0 Å². The third kappa shape index (κ3) is 4.13. The Morgan fingerprint density at radius 2 is 1.73 bits per heavy atom. The van der Waals surface area contributed by atoms with Gasteiger partial charge < -0.3 is 0 Å². The number of carbonyl (C=O) groups excluding carboxylic acids is 2. The highest BCUT2D eigenvalue weighted by Crippen LogP contribution is 2.34. The number of thiophene rings is 1. The third-order valence-corrected chi connectivity index (χ3v) is 5.46. The van der Waals surface area contributed by atoms with E-state index in [0.717, 1.165) is 10.1 Å². The monoisotopic (exact) mass is 423 g/mol. The zero-order valence-corrected chi connectivity index (χ0v) is 16.2. The van der Waals surface area contributed by atoms with Crippen molar-refractivity contribution in [2.75, 3.05) is 0 Å². The zero-order chi connectivity index (χ0) is 18.7. The van der Waals surface area contributed by atoms with Crippen molar-refractivity contribution in [3.8, 4) is 0 Å². The maximum atomic E-state index is 12.4. The van der Waals surface area contributed by atoms with Crippen LogP contribution in [-0.4, -0.2) is 16.9 Å². The zero-order valence-electron chi connectivity index (χ0n) is 13.0. The fourth-order valence-electron chi connectivity index (χ4n) is 2.17. The Bertz CT molecular complexity index is 1020. The van der Waals surface area contributed by atoms with Gasteiger partial charge in [0.1, 0.15) is 4.88 Å². The van der Waals surface area contributed by atoms with Crippen molar-refractivity contribution >= 4 is 73.8 Å². The molecular weight excluding hydrogens is 413 g/mol.